The number of guanidine groups is 1. The Kier molecular flexibility index (Phi) is 5.28. The van der Waals surface area contributed by atoms with Gasteiger partial charge in [-0.15, -0.1) is 0 Å². The molecule has 0 bridgehead atoms. The first-order valence-electron chi connectivity index (χ1n) is 7.75. The van der Waals surface area contributed by atoms with Crippen LogP contribution in [0.4, 0.5) is 14.7 Å². The second-order valence-electron chi connectivity index (χ2n) is 5.56. The Balaban J connectivity index is 1.60. The van der Waals surface area contributed by atoms with E-state index in [0.29, 0.717) is 38.1 Å². The molecule has 6 nitrogen and oxygen atoms in total. The maximum Gasteiger partial charge on any atom is 0.225 e. The summed E-state index contributed by atoms with van der Waals surface area (Å²) < 4.78 is 27.2. The van der Waals surface area contributed by atoms with Gasteiger partial charge in [-0.25, -0.2) is 23.7 Å². The Morgan fingerprint density at radius 2 is 1.80 bits per heavy atom. The number of piperazine rings is 1. The van der Waals surface area contributed by atoms with Crippen LogP contribution in [0.15, 0.2) is 35.6 Å². The summed E-state index contributed by atoms with van der Waals surface area (Å²) in [6.45, 7) is 2.64. The minimum Gasteiger partial charge on any atom is -0.370 e. The van der Waals surface area contributed by atoms with Crippen LogP contribution >= 0.6 is 11.6 Å². The van der Waals surface area contributed by atoms with E-state index in [1.54, 1.807) is 18.5 Å². The van der Waals surface area contributed by atoms with E-state index >= 15 is 0 Å². The van der Waals surface area contributed by atoms with Gasteiger partial charge in [-0.05, 0) is 18.2 Å². The van der Waals surface area contributed by atoms with Gasteiger partial charge in [0.2, 0.25) is 5.95 Å². The standard InChI is InChI=1S/C16H17ClF2N6/c17-12-9-13(18)11(8-14(12)19)10-23-15(20)24-4-6-25(7-5-24)16-21-2-1-3-22-16/h1-3,8-9H,4-7,10H2,(H2,20,23). The second kappa shape index (κ2) is 7.60. The summed E-state index contributed by atoms with van der Waals surface area (Å²) in [6, 6.07) is 3.75. The monoisotopic (exact) mass is 366 g/mol. The van der Waals surface area contributed by atoms with Crippen LogP contribution in [0.3, 0.4) is 0 Å². The van der Waals surface area contributed by atoms with E-state index in [4.69, 9.17) is 17.3 Å². The molecule has 0 aliphatic carbocycles. The normalized spacial score (nSPS) is 15.6. The van der Waals surface area contributed by atoms with Gasteiger partial charge in [-0.3, -0.25) is 0 Å². The Morgan fingerprint density at radius 1 is 1.12 bits per heavy atom. The van der Waals surface area contributed by atoms with Crippen LogP contribution in [0.2, 0.25) is 5.02 Å². The predicted molar refractivity (Wildman–Crippen MR) is 92.5 cm³/mol. The van der Waals surface area contributed by atoms with Crippen molar-refractivity contribution in [3.05, 3.63) is 52.8 Å². The molecule has 2 heterocycles. The highest BCUT2D eigenvalue weighted by atomic mass is 35.5. The van der Waals surface area contributed by atoms with Gasteiger partial charge in [0, 0.05) is 44.1 Å². The van der Waals surface area contributed by atoms with Gasteiger partial charge in [0.25, 0.3) is 0 Å². The van der Waals surface area contributed by atoms with Crippen molar-refractivity contribution in [1.29, 1.82) is 0 Å². The number of anilines is 1. The molecule has 1 aromatic carbocycles. The Hall–Kier alpha value is -2.48. The molecule has 1 saturated heterocycles. The quantitative estimate of drug-likeness (QED) is 0.511. The lowest BCUT2D eigenvalue weighted by molar-refractivity contribution is 0.378. The van der Waals surface area contributed by atoms with Gasteiger partial charge in [-0.2, -0.15) is 0 Å². The zero-order chi connectivity index (χ0) is 17.8. The van der Waals surface area contributed by atoms with Crippen LogP contribution in [-0.4, -0.2) is 47.0 Å². The maximum atomic E-state index is 13.8. The summed E-state index contributed by atoms with van der Waals surface area (Å²) in [7, 11) is 0. The number of rotatable bonds is 3. The number of hydrogen-bond donors (Lipinski definition) is 1. The number of nitrogens with two attached hydrogens (primary N) is 1. The summed E-state index contributed by atoms with van der Waals surface area (Å²) in [5.41, 5.74) is 6.09. The molecular formula is C16H17ClF2N6. The molecule has 3 rings (SSSR count). The van der Waals surface area contributed by atoms with E-state index in [2.05, 4.69) is 19.9 Å². The van der Waals surface area contributed by atoms with Crippen molar-refractivity contribution in [2.75, 3.05) is 31.1 Å². The van der Waals surface area contributed by atoms with Crippen molar-refractivity contribution in [3.8, 4) is 0 Å². The molecule has 1 aromatic heterocycles. The lowest BCUT2D eigenvalue weighted by Crippen LogP contribution is -2.51. The van der Waals surface area contributed by atoms with Gasteiger partial charge in [0.05, 0.1) is 11.6 Å². The largest absolute Gasteiger partial charge is 0.370 e. The first-order chi connectivity index (χ1) is 12.0. The van der Waals surface area contributed by atoms with Gasteiger partial charge in [0.15, 0.2) is 5.96 Å². The van der Waals surface area contributed by atoms with Crippen LogP contribution < -0.4 is 10.6 Å². The molecule has 2 aromatic rings. The minimum absolute atomic E-state index is 0.0479. The van der Waals surface area contributed by atoms with Crippen LogP contribution in [-0.2, 0) is 6.54 Å². The van der Waals surface area contributed by atoms with Gasteiger partial charge in [0.1, 0.15) is 11.6 Å². The highest BCUT2D eigenvalue weighted by Crippen LogP contribution is 2.20. The minimum atomic E-state index is -0.677. The highest BCUT2D eigenvalue weighted by Gasteiger charge is 2.20. The van der Waals surface area contributed by atoms with Crippen LogP contribution in [0, 0.1) is 11.6 Å². The molecule has 9 heteroatoms. The third-order valence-corrected chi connectivity index (χ3v) is 4.23. The smallest absolute Gasteiger partial charge is 0.225 e. The molecule has 132 valence electrons. The van der Waals surface area contributed by atoms with Crippen LogP contribution in [0.1, 0.15) is 5.56 Å². The van der Waals surface area contributed by atoms with Crippen molar-refractivity contribution >= 4 is 23.5 Å². The highest BCUT2D eigenvalue weighted by molar-refractivity contribution is 6.30. The van der Waals surface area contributed by atoms with Gasteiger partial charge >= 0.3 is 0 Å². The first kappa shape index (κ1) is 17.3. The van der Waals surface area contributed by atoms with Crippen molar-refractivity contribution in [2.24, 2.45) is 10.7 Å². The molecule has 1 aliphatic heterocycles. The number of aliphatic imine (C=N–C) groups is 1. The zero-order valence-electron chi connectivity index (χ0n) is 13.4. The molecule has 2 N–H and O–H groups in total. The van der Waals surface area contributed by atoms with E-state index < -0.39 is 11.6 Å². The Labute approximate surface area is 149 Å². The Morgan fingerprint density at radius 3 is 2.48 bits per heavy atom. The fraction of sp³-hybridized carbons (Fsp3) is 0.312. The van der Waals surface area contributed by atoms with Crippen molar-refractivity contribution in [2.45, 2.75) is 6.54 Å². The summed E-state index contributed by atoms with van der Waals surface area (Å²) in [5.74, 6) is -0.308. The maximum absolute atomic E-state index is 13.8. The van der Waals surface area contributed by atoms with Crippen LogP contribution in [0.5, 0.6) is 0 Å². The average molecular weight is 367 g/mol. The molecular weight excluding hydrogens is 350 g/mol. The van der Waals surface area contributed by atoms with E-state index in [9.17, 15) is 8.78 Å². The molecule has 0 radical (unpaired) electrons. The van der Waals surface area contributed by atoms with E-state index in [1.807, 2.05) is 4.90 Å². The third kappa shape index (κ3) is 4.14. The van der Waals surface area contributed by atoms with Crippen LogP contribution in [0.25, 0.3) is 0 Å². The molecule has 1 aliphatic rings. The SMILES string of the molecule is NC(=NCc1cc(F)c(Cl)cc1F)N1CCN(c2ncccn2)CC1. The van der Waals surface area contributed by atoms with Crippen molar-refractivity contribution in [1.82, 2.24) is 14.9 Å². The first-order valence-corrected chi connectivity index (χ1v) is 8.12. The number of aromatic nitrogens is 2. The molecule has 0 saturated carbocycles. The zero-order valence-corrected chi connectivity index (χ0v) is 14.1. The fourth-order valence-corrected chi connectivity index (χ4v) is 2.69. The van der Waals surface area contributed by atoms with E-state index in [-0.39, 0.29) is 17.1 Å². The van der Waals surface area contributed by atoms with Gasteiger partial charge in [-0.1, -0.05) is 11.6 Å². The molecule has 0 atom stereocenters. The summed E-state index contributed by atoms with van der Waals surface area (Å²) in [5, 5.41) is -0.252. The lowest BCUT2D eigenvalue weighted by Gasteiger charge is -2.35. The average Bonchev–Trinajstić information content (AvgIpc) is 2.64. The van der Waals surface area contributed by atoms with Crippen molar-refractivity contribution in [3.63, 3.8) is 0 Å². The fourth-order valence-electron chi connectivity index (χ4n) is 2.54. The predicted octanol–water partition coefficient (Wildman–Crippen LogP) is 2.05. The van der Waals surface area contributed by atoms with E-state index in [1.165, 1.54) is 0 Å². The molecule has 0 spiro atoms. The van der Waals surface area contributed by atoms with Gasteiger partial charge < -0.3 is 15.5 Å². The Bertz CT molecular complexity index is 763. The molecule has 1 fully saturated rings. The topological polar surface area (TPSA) is 70.6 Å². The summed E-state index contributed by atoms with van der Waals surface area (Å²) in [6.07, 6.45) is 3.40. The van der Waals surface area contributed by atoms with E-state index in [0.717, 1.165) is 12.1 Å². The number of hydrogen-bond acceptors (Lipinski definition) is 4. The molecule has 0 amide bonds. The second-order valence-corrected chi connectivity index (χ2v) is 5.96. The molecule has 25 heavy (non-hydrogen) atoms. The number of nitrogens with zero attached hydrogens (tertiary/aromatic N) is 5. The third-order valence-electron chi connectivity index (χ3n) is 3.94. The van der Waals surface area contributed by atoms with Crippen molar-refractivity contribution < 1.29 is 8.78 Å². The lowest BCUT2D eigenvalue weighted by atomic mass is 10.2. The molecule has 0 unspecified atom stereocenters. The number of benzene rings is 1. The summed E-state index contributed by atoms with van der Waals surface area (Å²) >= 11 is 5.54. The number of halogens is 3. The summed E-state index contributed by atoms with van der Waals surface area (Å²) in [4.78, 5) is 16.6.